The molecule has 0 spiro atoms. The van der Waals surface area contributed by atoms with Gasteiger partial charge in [-0.1, -0.05) is 41.9 Å². The van der Waals surface area contributed by atoms with Gasteiger partial charge in [0, 0.05) is 23.3 Å². The van der Waals surface area contributed by atoms with Gasteiger partial charge in [0.05, 0.1) is 0 Å². The van der Waals surface area contributed by atoms with Crippen molar-refractivity contribution >= 4 is 35.2 Å². The first-order chi connectivity index (χ1) is 12.3. The summed E-state index contributed by atoms with van der Waals surface area (Å²) in [7, 11) is 0. The minimum absolute atomic E-state index is 0.306. The van der Waals surface area contributed by atoms with Gasteiger partial charge in [0.25, 0.3) is 0 Å². The molecular formula is C18H14ClF3N2O2. The summed E-state index contributed by atoms with van der Waals surface area (Å²) in [4.78, 5) is 22.9. The molecule has 0 bridgehead atoms. The number of para-hydroxylation sites is 1. The zero-order chi connectivity index (χ0) is 19.2. The van der Waals surface area contributed by atoms with E-state index in [0.717, 1.165) is 5.56 Å². The molecule has 2 aromatic rings. The van der Waals surface area contributed by atoms with Crippen LogP contribution in [0.2, 0.25) is 5.02 Å². The van der Waals surface area contributed by atoms with Crippen LogP contribution >= 0.6 is 11.6 Å². The minimum Gasteiger partial charge on any atom is -0.344 e. The Balaban J connectivity index is 2.01. The number of nitrogens with one attached hydrogen (secondary N) is 2. The summed E-state index contributed by atoms with van der Waals surface area (Å²) in [5.41, 5.74) is 1.41. The van der Waals surface area contributed by atoms with E-state index < -0.39 is 18.0 Å². The Labute approximate surface area is 152 Å². The molecule has 0 radical (unpaired) electrons. The van der Waals surface area contributed by atoms with Crippen LogP contribution in [0, 0.1) is 0 Å². The first-order valence-corrected chi connectivity index (χ1v) is 7.81. The largest absolute Gasteiger partial charge is 0.471 e. The average molecular weight is 383 g/mol. The molecule has 0 aliphatic heterocycles. The Bertz CT molecular complexity index is 818. The highest BCUT2D eigenvalue weighted by atomic mass is 35.5. The number of benzene rings is 2. The molecule has 0 saturated carbocycles. The second kappa shape index (κ2) is 8.53. The van der Waals surface area contributed by atoms with E-state index in [-0.39, 0.29) is 6.54 Å². The number of halogens is 4. The second-order valence-corrected chi connectivity index (χ2v) is 5.65. The van der Waals surface area contributed by atoms with Crippen molar-refractivity contribution < 1.29 is 22.8 Å². The predicted molar refractivity (Wildman–Crippen MR) is 93.5 cm³/mol. The molecule has 2 aromatic carbocycles. The van der Waals surface area contributed by atoms with Crippen molar-refractivity contribution in [2.45, 2.75) is 12.7 Å². The third-order valence-corrected chi connectivity index (χ3v) is 3.52. The lowest BCUT2D eigenvalue weighted by Crippen LogP contribution is -2.36. The molecule has 0 fully saturated rings. The van der Waals surface area contributed by atoms with E-state index in [1.807, 2.05) is 0 Å². The third kappa shape index (κ3) is 5.93. The van der Waals surface area contributed by atoms with Gasteiger partial charge in [0.2, 0.25) is 5.91 Å². The normalized spacial score (nSPS) is 11.4. The highest BCUT2D eigenvalue weighted by Crippen LogP contribution is 2.18. The minimum atomic E-state index is -4.96. The number of alkyl halides is 3. The summed E-state index contributed by atoms with van der Waals surface area (Å²) < 4.78 is 36.7. The van der Waals surface area contributed by atoms with Crippen LogP contribution in [0.4, 0.5) is 18.9 Å². The average Bonchev–Trinajstić information content (AvgIpc) is 2.59. The first-order valence-electron chi connectivity index (χ1n) is 7.43. The Morgan fingerprint density at radius 1 is 1.04 bits per heavy atom. The van der Waals surface area contributed by atoms with E-state index in [1.54, 1.807) is 47.8 Å². The Hall–Kier alpha value is -2.80. The maximum atomic E-state index is 12.2. The van der Waals surface area contributed by atoms with Gasteiger partial charge in [0.15, 0.2) is 0 Å². The number of rotatable bonds is 5. The topological polar surface area (TPSA) is 58.2 Å². The SMILES string of the molecule is O=C(/C=C/c1ccc(Cl)cc1)Nc1ccccc1CNC(=O)C(F)(F)F. The first kappa shape index (κ1) is 19.5. The molecule has 0 aliphatic rings. The Kier molecular flexibility index (Phi) is 6.41. The van der Waals surface area contributed by atoms with Crippen LogP contribution in [0.15, 0.2) is 54.6 Å². The Morgan fingerprint density at radius 3 is 2.35 bits per heavy atom. The summed E-state index contributed by atoms with van der Waals surface area (Å²) in [5, 5.41) is 4.91. The van der Waals surface area contributed by atoms with Crippen molar-refractivity contribution in [1.82, 2.24) is 5.32 Å². The number of hydrogen-bond donors (Lipinski definition) is 2. The van der Waals surface area contributed by atoms with Crippen LogP contribution in [0.3, 0.4) is 0 Å². The number of carbonyl (C=O) groups is 2. The van der Waals surface area contributed by atoms with Crippen LogP contribution in [0.5, 0.6) is 0 Å². The number of anilines is 1. The summed E-state index contributed by atoms with van der Waals surface area (Å²) in [5.74, 6) is -2.50. The highest BCUT2D eigenvalue weighted by molar-refractivity contribution is 6.30. The second-order valence-electron chi connectivity index (χ2n) is 5.21. The molecule has 136 valence electrons. The Morgan fingerprint density at radius 2 is 1.69 bits per heavy atom. The predicted octanol–water partition coefficient (Wildman–Crippen LogP) is 4.17. The molecule has 8 heteroatoms. The van der Waals surface area contributed by atoms with E-state index in [0.29, 0.717) is 16.3 Å². The van der Waals surface area contributed by atoms with Crippen molar-refractivity contribution in [3.8, 4) is 0 Å². The lowest BCUT2D eigenvalue weighted by molar-refractivity contribution is -0.173. The molecule has 0 saturated heterocycles. The molecule has 2 N–H and O–H groups in total. The van der Waals surface area contributed by atoms with E-state index in [2.05, 4.69) is 5.32 Å². The molecule has 0 unspecified atom stereocenters. The summed E-state index contributed by atoms with van der Waals surface area (Å²) in [6.45, 7) is -0.365. The molecular weight excluding hydrogens is 369 g/mol. The summed E-state index contributed by atoms with van der Waals surface area (Å²) in [6, 6.07) is 13.1. The monoisotopic (exact) mass is 382 g/mol. The molecule has 0 atom stereocenters. The van der Waals surface area contributed by atoms with Gasteiger partial charge in [-0.15, -0.1) is 0 Å². The van der Waals surface area contributed by atoms with Gasteiger partial charge in [-0.3, -0.25) is 9.59 Å². The van der Waals surface area contributed by atoms with E-state index in [9.17, 15) is 22.8 Å². The van der Waals surface area contributed by atoms with Crippen LogP contribution in [-0.4, -0.2) is 18.0 Å². The molecule has 2 rings (SSSR count). The van der Waals surface area contributed by atoms with Crippen LogP contribution in [0.25, 0.3) is 6.08 Å². The lowest BCUT2D eigenvalue weighted by Gasteiger charge is -2.12. The van der Waals surface area contributed by atoms with Gasteiger partial charge in [-0.25, -0.2) is 0 Å². The molecule has 26 heavy (non-hydrogen) atoms. The van der Waals surface area contributed by atoms with Crippen LogP contribution in [-0.2, 0) is 16.1 Å². The van der Waals surface area contributed by atoms with Crippen LogP contribution in [0.1, 0.15) is 11.1 Å². The van der Waals surface area contributed by atoms with Gasteiger partial charge < -0.3 is 10.6 Å². The number of hydrogen-bond acceptors (Lipinski definition) is 2. The van der Waals surface area contributed by atoms with Gasteiger partial charge in [0.1, 0.15) is 0 Å². The van der Waals surface area contributed by atoms with E-state index in [1.165, 1.54) is 18.2 Å². The fourth-order valence-corrected chi connectivity index (χ4v) is 2.12. The fourth-order valence-electron chi connectivity index (χ4n) is 1.99. The summed E-state index contributed by atoms with van der Waals surface area (Å²) >= 11 is 5.78. The molecule has 4 nitrogen and oxygen atoms in total. The maximum Gasteiger partial charge on any atom is 0.471 e. The van der Waals surface area contributed by atoms with Crippen molar-refractivity contribution in [2.75, 3.05) is 5.32 Å². The molecule has 0 aliphatic carbocycles. The van der Waals surface area contributed by atoms with Gasteiger partial charge in [-0.05, 0) is 35.4 Å². The fraction of sp³-hybridized carbons (Fsp3) is 0.111. The third-order valence-electron chi connectivity index (χ3n) is 3.27. The zero-order valence-electron chi connectivity index (χ0n) is 13.3. The smallest absolute Gasteiger partial charge is 0.344 e. The van der Waals surface area contributed by atoms with Crippen molar-refractivity contribution in [1.29, 1.82) is 0 Å². The zero-order valence-corrected chi connectivity index (χ0v) is 14.1. The van der Waals surface area contributed by atoms with E-state index >= 15 is 0 Å². The van der Waals surface area contributed by atoms with Crippen molar-refractivity contribution in [2.24, 2.45) is 0 Å². The molecule has 0 heterocycles. The summed E-state index contributed by atoms with van der Waals surface area (Å²) in [6.07, 6.45) is -2.10. The standard InChI is InChI=1S/C18H14ClF3N2O2/c19-14-8-5-12(6-9-14)7-10-16(25)24-15-4-2-1-3-13(15)11-23-17(26)18(20,21)22/h1-10H,11H2,(H,23,26)(H,24,25)/b10-7+. The molecule has 2 amide bonds. The molecule has 0 aromatic heterocycles. The number of carbonyl (C=O) groups excluding carboxylic acids is 2. The highest BCUT2D eigenvalue weighted by Gasteiger charge is 2.38. The van der Waals surface area contributed by atoms with Gasteiger partial charge >= 0.3 is 12.1 Å². The number of amides is 2. The van der Waals surface area contributed by atoms with Crippen LogP contribution < -0.4 is 10.6 Å². The van der Waals surface area contributed by atoms with Gasteiger partial charge in [-0.2, -0.15) is 13.2 Å². The van der Waals surface area contributed by atoms with Crippen molar-refractivity contribution in [3.63, 3.8) is 0 Å². The van der Waals surface area contributed by atoms with E-state index in [4.69, 9.17) is 11.6 Å². The lowest BCUT2D eigenvalue weighted by atomic mass is 10.1. The van der Waals surface area contributed by atoms with Crippen molar-refractivity contribution in [3.05, 3.63) is 70.8 Å². The quantitative estimate of drug-likeness (QED) is 0.762. The maximum absolute atomic E-state index is 12.2.